The van der Waals surface area contributed by atoms with E-state index in [-0.39, 0.29) is 12.4 Å². The number of rotatable bonds is 2. The first-order valence-corrected chi connectivity index (χ1v) is 6.12. The van der Waals surface area contributed by atoms with Crippen molar-refractivity contribution in [1.82, 2.24) is 4.90 Å². The minimum Gasteiger partial charge on any atom is -0.351 e. The van der Waals surface area contributed by atoms with Crippen LogP contribution in [0.4, 0.5) is 0 Å². The van der Waals surface area contributed by atoms with E-state index in [1.54, 1.807) is 0 Å². The molecule has 2 rings (SSSR count). The molecule has 0 bridgehead atoms. The van der Waals surface area contributed by atoms with Crippen molar-refractivity contribution in [2.24, 2.45) is 4.99 Å². The second kappa shape index (κ2) is 5.51. The average molecular weight is 257 g/mol. The number of hydrogen-bond donors (Lipinski definition) is 0. The van der Waals surface area contributed by atoms with Gasteiger partial charge in [-0.05, 0) is 43.4 Å². The third-order valence-corrected chi connectivity index (χ3v) is 4.16. The Morgan fingerprint density at radius 3 is 2.75 bits per heavy atom. The van der Waals surface area contributed by atoms with Crippen molar-refractivity contribution in [3.8, 4) is 0 Å². The Bertz CT molecular complexity index is 409. The summed E-state index contributed by atoms with van der Waals surface area (Å²) >= 11 is 1.85. The first-order chi connectivity index (χ1) is 7.24. The Kier molecular flexibility index (Phi) is 4.56. The molecular weight excluding hydrogens is 240 g/mol. The molecule has 0 fully saturated rings. The zero-order chi connectivity index (χ0) is 10.8. The van der Waals surface area contributed by atoms with Crippen molar-refractivity contribution >= 4 is 30.1 Å². The number of nitrogens with zero attached hydrogens (tertiary/aromatic N) is 2. The predicted molar refractivity (Wildman–Crippen MR) is 73.8 cm³/mol. The van der Waals surface area contributed by atoms with E-state index in [1.807, 2.05) is 23.9 Å². The molecule has 4 heteroatoms. The van der Waals surface area contributed by atoms with Crippen LogP contribution in [0.15, 0.2) is 22.6 Å². The summed E-state index contributed by atoms with van der Waals surface area (Å²) in [6, 6.07) is 0.381. The maximum Gasteiger partial charge on any atom is 0.0912 e. The normalized spacial score (nSPS) is 18.7. The van der Waals surface area contributed by atoms with Crippen molar-refractivity contribution < 1.29 is 0 Å². The number of hydrogen-bond acceptors (Lipinski definition) is 3. The molecule has 0 aliphatic carbocycles. The first kappa shape index (κ1) is 13.3. The lowest BCUT2D eigenvalue weighted by Crippen LogP contribution is -2.27. The van der Waals surface area contributed by atoms with Crippen LogP contribution in [0.25, 0.3) is 0 Å². The number of aliphatic imine (C=N–C) groups is 1. The summed E-state index contributed by atoms with van der Waals surface area (Å²) < 4.78 is 0. The lowest BCUT2D eigenvalue weighted by molar-refractivity contribution is 0.394. The summed E-state index contributed by atoms with van der Waals surface area (Å²) in [5.41, 5.74) is 2.81. The van der Waals surface area contributed by atoms with Crippen molar-refractivity contribution in [1.29, 1.82) is 0 Å². The zero-order valence-corrected chi connectivity index (χ0v) is 11.4. The zero-order valence-electron chi connectivity index (χ0n) is 9.80. The van der Waals surface area contributed by atoms with Crippen LogP contribution in [0.3, 0.4) is 0 Å². The van der Waals surface area contributed by atoms with E-state index in [1.165, 1.54) is 16.0 Å². The van der Waals surface area contributed by atoms with Crippen LogP contribution >= 0.6 is 23.7 Å². The molecular formula is C12H17ClN2S. The van der Waals surface area contributed by atoms with Gasteiger partial charge in [-0.25, -0.2) is 4.99 Å². The number of aryl methyl sites for hydroxylation is 1. The molecule has 1 aliphatic heterocycles. The molecule has 1 aliphatic rings. The SMILES string of the molecule is CCN1C=NC=CC1c1scc(C)c1C.Cl. The van der Waals surface area contributed by atoms with Gasteiger partial charge in [0.25, 0.3) is 0 Å². The molecule has 2 nitrogen and oxygen atoms in total. The lowest BCUT2D eigenvalue weighted by Gasteiger charge is -2.28. The van der Waals surface area contributed by atoms with Crippen LogP contribution in [0.2, 0.25) is 0 Å². The van der Waals surface area contributed by atoms with Crippen molar-refractivity contribution in [3.05, 3.63) is 33.7 Å². The van der Waals surface area contributed by atoms with Crippen LogP contribution in [0.1, 0.15) is 29.0 Å². The van der Waals surface area contributed by atoms with Gasteiger partial charge in [0.05, 0.1) is 12.4 Å². The van der Waals surface area contributed by atoms with Crippen molar-refractivity contribution in [2.75, 3.05) is 6.54 Å². The summed E-state index contributed by atoms with van der Waals surface area (Å²) in [7, 11) is 0. The Hall–Kier alpha value is -0.800. The fourth-order valence-corrected chi connectivity index (χ4v) is 2.94. The smallest absolute Gasteiger partial charge is 0.0912 e. The average Bonchev–Trinajstić information content (AvgIpc) is 2.60. The van der Waals surface area contributed by atoms with Gasteiger partial charge in [-0.1, -0.05) is 0 Å². The lowest BCUT2D eigenvalue weighted by atomic mass is 10.1. The van der Waals surface area contributed by atoms with Crippen molar-refractivity contribution in [3.63, 3.8) is 0 Å². The van der Waals surface area contributed by atoms with Gasteiger partial charge in [0.1, 0.15) is 0 Å². The monoisotopic (exact) mass is 256 g/mol. The fraction of sp³-hybridized carbons (Fsp3) is 0.417. The Morgan fingerprint density at radius 1 is 1.44 bits per heavy atom. The number of likely N-dealkylation sites (N-methyl/N-ethyl adjacent to an activating group) is 1. The summed E-state index contributed by atoms with van der Waals surface area (Å²) in [6.07, 6.45) is 5.99. The highest BCUT2D eigenvalue weighted by Crippen LogP contribution is 2.32. The molecule has 88 valence electrons. The highest BCUT2D eigenvalue weighted by Gasteiger charge is 2.19. The summed E-state index contributed by atoms with van der Waals surface area (Å²) in [5.74, 6) is 0. The molecule has 0 aromatic carbocycles. The summed E-state index contributed by atoms with van der Waals surface area (Å²) in [6.45, 7) is 7.53. The third kappa shape index (κ3) is 2.30. The van der Waals surface area contributed by atoms with E-state index < -0.39 is 0 Å². The van der Waals surface area contributed by atoms with Crippen LogP contribution < -0.4 is 0 Å². The van der Waals surface area contributed by atoms with Crippen molar-refractivity contribution in [2.45, 2.75) is 26.8 Å². The largest absolute Gasteiger partial charge is 0.351 e. The molecule has 1 aromatic heterocycles. The van der Waals surface area contributed by atoms with Gasteiger partial charge in [0.2, 0.25) is 0 Å². The molecule has 0 N–H and O–H groups in total. The molecule has 16 heavy (non-hydrogen) atoms. The van der Waals surface area contributed by atoms with Crippen LogP contribution in [0.5, 0.6) is 0 Å². The molecule has 1 unspecified atom stereocenters. The minimum absolute atomic E-state index is 0. The second-order valence-corrected chi connectivity index (χ2v) is 4.70. The minimum atomic E-state index is 0. The van der Waals surface area contributed by atoms with E-state index in [2.05, 4.69) is 42.1 Å². The summed E-state index contributed by atoms with van der Waals surface area (Å²) in [4.78, 5) is 7.87. The van der Waals surface area contributed by atoms with Gasteiger partial charge in [-0.15, -0.1) is 23.7 Å². The van der Waals surface area contributed by atoms with Gasteiger partial charge >= 0.3 is 0 Å². The third-order valence-electron chi connectivity index (χ3n) is 2.88. The van der Waals surface area contributed by atoms with Crippen LogP contribution in [-0.4, -0.2) is 17.8 Å². The Balaban J connectivity index is 0.00000128. The molecule has 1 aromatic rings. The fourth-order valence-electron chi connectivity index (χ4n) is 1.77. The molecule has 0 radical (unpaired) electrons. The van der Waals surface area contributed by atoms with E-state index in [0.717, 1.165) is 6.54 Å². The van der Waals surface area contributed by atoms with E-state index >= 15 is 0 Å². The standard InChI is InChI=1S/C12H16N2S.ClH/c1-4-14-8-13-6-5-11(14)12-10(3)9(2)7-15-12;/h5-8,11H,4H2,1-3H3;1H. The van der Waals surface area contributed by atoms with E-state index in [0.29, 0.717) is 6.04 Å². The van der Waals surface area contributed by atoms with Gasteiger partial charge in [0, 0.05) is 17.6 Å². The maximum atomic E-state index is 4.17. The predicted octanol–water partition coefficient (Wildman–Crippen LogP) is 3.71. The highest BCUT2D eigenvalue weighted by atomic mass is 35.5. The maximum absolute atomic E-state index is 4.17. The van der Waals surface area contributed by atoms with Gasteiger partial charge < -0.3 is 4.90 Å². The molecule has 0 spiro atoms. The summed E-state index contributed by atoms with van der Waals surface area (Å²) in [5, 5.41) is 2.23. The number of halogens is 1. The molecule has 2 heterocycles. The van der Waals surface area contributed by atoms with Gasteiger partial charge in [-0.2, -0.15) is 0 Å². The Labute approximate surface area is 107 Å². The molecule has 0 saturated carbocycles. The molecule has 0 amide bonds. The molecule has 1 atom stereocenters. The van der Waals surface area contributed by atoms with Gasteiger partial charge in [0.15, 0.2) is 0 Å². The Morgan fingerprint density at radius 2 is 2.19 bits per heavy atom. The topological polar surface area (TPSA) is 15.6 Å². The van der Waals surface area contributed by atoms with E-state index in [9.17, 15) is 0 Å². The highest BCUT2D eigenvalue weighted by molar-refractivity contribution is 7.10. The quantitative estimate of drug-likeness (QED) is 0.788. The second-order valence-electron chi connectivity index (χ2n) is 3.79. The van der Waals surface area contributed by atoms with Crippen LogP contribution in [-0.2, 0) is 0 Å². The van der Waals surface area contributed by atoms with Crippen LogP contribution in [0, 0.1) is 13.8 Å². The number of thiophene rings is 1. The van der Waals surface area contributed by atoms with E-state index in [4.69, 9.17) is 0 Å². The first-order valence-electron chi connectivity index (χ1n) is 5.24. The molecule has 0 saturated heterocycles. The van der Waals surface area contributed by atoms with Gasteiger partial charge in [-0.3, -0.25) is 0 Å².